The van der Waals surface area contributed by atoms with E-state index in [0.717, 1.165) is 17.1 Å². The predicted molar refractivity (Wildman–Crippen MR) is 73.6 cm³/mol. The molecule has 0 aliphatic heterocycles. The number of ether oxygens (including phenoxy) is 1. The molecular weight excluding hydrogens is 319 g/mol. The first-order valence-corrected chi connectivity index (χ1v) is 6.84. The number of amidine groups is 1. The fourth-order valence-corrected chi connectivity index (χ4v) is 2.17. The number of thiazole rings is 1. The fourth-order valence-electron chi connectivity index (χ4n) is 1.55. The maximum atomic E-state index is 12.0. The van der Waals surface area contributed by atoms with E-state index in [1.807, 2.05) is 0 Å². The van der Waals surface area contributed by atoms with Gasteiger partial charge in [0.15, 0.2) is 5.69 Å². The number of nitrogens with one attached hydrogen (secondary N) is 1. The number of carbonyl (C=O) groups excluding carboxylic acids is 1. The Bertz CT molecular complexity index is 708. The summed E-state index contributed by atoms with van der Waals surface area (Å²) in [4.78, 5) is 18.5. The summed E-state index contributed by atoms with van der Waals surface area (Å²) in [7, 11) is 0. The molecule has 0 saturated carbocycles. The molecule has 1 amide bonds. The lowest BCUT2D eigenvalue weighted by Crippen LogP contribution is -2.79. The minimum Gasteiger partial charge on any atom is -0.406 e. The molecule has 0 fully saturated rings. The summed E-state index contributed by atoms with van der Waals surface area (Å²) < 4.78 is 39.8. The van der Waals surface area contributed by atoms with Crippen LogP contribution in [0, 0.1) is 6.92 Å². The first-order valence-electron chi connectivity index (χ1n) is 5.97. The molecule has 0 spiro atoms. The van der Waals surface area contributed by atoms with Crippen LogP contribution in [-0.4, -0.2) is 23.1 Å². The fraction of sp³-hybridized carbons (Fsp3) is 0.154. The number of aromatic nitrogens is 1. The van der Waals surface area contributed by atoms with Crippen LogP contribution >= 0.6 is 11.3 Å². The van der Waals surface area contributed by atoms with Gasteiger partial charge in [-0.1, -0.05) is 0 Å². The zero-order valence-corrected chi connectivity index (χ0v) is 12.1. The average Bonchev–Trinajstić information content (AvgIpc) is 2.84. The molecule has 2 aromatic rings. The third-order valence-corrected chi connectivity index (χ3v) is 3.27. The van der Waals surface area contributed by atoms with Gasteiger partial charge in [0.05, 0.1) is 10.6 Å². The normalized spacial score (nSPS) is 12.3. The van der Waals surface area contributed by atoms with Crippen molar-refractivity contribution in [3.05, 3.63) is 45.9 Å². The van der Waals surface area contributed by atoms with Crippen molar-refractivity contribution < 1.29 is 27.7 Å². The number of hydrogen-bond acceptors (Lipinski definition) is 4. The molecule has 0 aliphatic carbocycles. The number of halogens is 3. The molecule has 1 aromatic carbocycles. The topological polar surface area (TPSA) is 79.2 Å². The average molecular weight is 330 g/mol. The monoisotopic (exact) mass is 330 g/mol. The van der Waals surface area contributed by atoms with Gasteiger partial charge in [-0.3, -0.25) is 5.73 Å². The summed E-state index contributed by atoms with van der Waals surface area (Å²) in [6.07, 6.45) is -4.77. The number of rotatable bonds is 3. The largest absolute Gasteiger partial charge is 0.573 e. The molecule has 22 heavy (non-hydrogen) atoms. The number of carbonyl (C=O) groups is 1. The zero-order valence-electron chi connectivity index (χ0n) is 11.3. The number of hydrogen-bond donors (Lipinski definition) is 2. The molecule has 1 heterocycles. The van der Waals surface area contributed by atoms with Crippen LogP contribution in [0.25, 0.3) is 0 Å². The number of aryl methyl sites for hydroxylation is 1. The molecule has 0 unspecified atom stereocenters. The highest BCUT2D eigenvalue weighted by Crippen LogP contribution is 2.22. The van der Waals surface area contributed by atoms with Crippen molar-refractivity contribution in [1.82, 2.24) is 4.98 Å². The second kappa shape index (κ2) is 6.14. The van der Waals surface area contributed by atoms with Gasteiger partial charge < -0.3 is 4.74 Å². The van der Waals surface area contributed by atoms with Gasteiger partial charge in [0.1, 0.15) is 5.75 Å². The second-order valence-corrected chi connectivity index (χ2v) is 5.25. The van der Waals surface area contributed by atoms with Crippen molar-refractivity contribution in [1.29, 1.82) is 0 Å². The Labute approximate surface area is 127 Å². The lowest BCUT2D eigenvalue weighted by atomic mass is 10.2. The second-order valence-electron chi connectivity index (χ2n) is 4.19. The number of amides is 1. The number of alkyl halides is 3. The standard InChI is InChI=1S/C13H10F3N3O2S/c1-7-18-10(6-22-7)11(17)19-12(20)8-2-4-9(5-3-8)21-13(14,15)16/h2-6H,1H3,(H2,17,19,20)/p+1. The minimum absolute atomic E-state index is 0.0740. The van der Waals surface area contributed by atoms with E-state index < -0.39 is 18.0 Å². The van der Waals surface area contributed by atoms with Gasteiger partial charge in [-0.2, -0.15) is 0 Å². The SMILES string of the molecule is Cc1nc(C(N)=[NH+]C(=O)c2ccc(OC(F)(F)F)cc2)cs1. The Morgan fingerprint density at radius 3 is 2.45 bits per heavy atom. The summed E-state index contributed by atoms with van der Waals surface area (Å²) in [5, 5.41) is 2.48. The van der Waals surface area contributed by atoms with Gasteiger partial charge in [-0.05, 0) is 31.2 Å². The maximum absolute atomic E-state index is 12.0. The molecule has 0 saturated heterocycles. The molecule has 5 nitrogen and oxygen atoms in total. The molecule has 0 bridgehead atoms. The number of nitrogens with zero attached hydrogens (tertiary/aromatic N) is 1. The van der Waals surface area contributed by atoms with E-state index in [4.69, 9.17) is 5.73 Å². The first-order chi connectivity index (χ1) is 10.2. The molecule has 1 aromatic heterocycles. The third kappa shape index (κ3) is 4.29. The van der Waals surface area contributed by atoms with Crippen molar-refractivity contribution in [2.45, 2.75) is 13.3 Å². The first kappa shape index (κ1) is 16.0. The Balaban J connectivity index is 2.13. The maximum Gasteiger partial charge on any atom is 0.573 e. The van der Waals surface area contributed by atoms with E-state index in [9.17, 15) is 18.0 Å². The van der Waals surface area contributed by atoms with Gasteiger partial charge in [0.25, 0.3) is 5.84 Å². The number of nitrogen functional groups attached to an aromatic ring is 1. The van der Waals surface area contributed by atoms with E-state index in [2.05, 4.69) is 14.7 Å². The molecule has 2 rings (SSSR count). The Hall–Kier alpha value is -2.42. The molecule has 0 atom stereocenters. The zero-order chi connectivity index (χ0) is 16.3. The van der Waals surface area contributed by atoms with Gasteiger partial charge >= 0.3 is 12.3 Å². The summed E-state index contributed by atoms with van der Waals surface area (Å²) in [6, 6.07) is 4.50. The van der Waals surface area contributed by atoms with Crippen molar-refractivity contribution >= 4 is 23.1 Å². The Morgan fingerprint density at radius 1 is 1.32 bits per heavy atom. The van der Waals surface area contributed by atoms with Crippen LogP contribution in [0.5, 0.6) is 5.75 Å². The summed E-state index contributed by atoms with van der Waals surface area (Å²) in [6.45, 7) is 1.79. The van der Waals surface area contributed by atoms with Crippen molar-refractivity contribution in [2.24, 2.45) is 5.73 Å². The smallest absolute Gasteiger partial charge is 0.406 e. The van der Waals surface area contributed by atoms with Crippen molar-refractivity contribution in [3.63, 3.8) is 0 Å². The van der Waals surface area contributed by atoms with E-state index in [0.29, 0.717) is 5.69 Å². The highest BCUT2D eigenvalue weighted by Gasteiger charge is 2.31. The van der Waals surface area contributed by atoms with Gasteiger partial charge in [-0.15, -0.1) is 24.5 Å². The van der Waals surface area contributed by atoms with Crippen molar-refractivity contribution in [3.8, 4) is 5.75 Å². The number of benzene rings is 1. The van der Waals surface area contributed by atoms with Crippen LogP contribution in [0.2, 0.25) is 0 Å². The van der Waals surface area contributed by atoms with Crippen molar-refractivity contribution in [2.75, 3.05) is 0 Å². The summed E-state index contributed by atoms with van der Waals surface area (Å²) >= 11 is 1.38. The van der Waals surface area contributed by atoms with Gasteiger partial charge in [0, 0.05) is 5.38 Å². The van der Waals surface area contributed by atoms with E-state index in [1.165, 1.54) is 23.5 Å². The summed E-state index contributed by atoms with van der Waals surface area (Å²) in [5.74, 6) is -0.886. The summed E-state index contributed by atoms with van der Waals surface area (Å²) in [5.41, 5.74) is 6.30. The van der Waals surface area contributed by atoms with Crippen LogP contribution in [0.4, 0.5) is 13.2 Å². The van der Waals surface area contributed by atoms with E-state index in [-0.39, 0.29) is 11.4 Å². The predicted octanol–water partition coefficient (Wildman–Crippen LogP) is 0.976. The van der Waals surface area contributed by atoms with Gasteiger partial charge in [0.2, 0.25) is 0 Å². The molecule has 116 valence electrons. The lowest BCUT2D eigenvalue weighted by molar-refractivity contribution is -0.345. The molecular formula is C13H11F3N3O2S+. The molecule has 0 aliphatic rings. The molecule has 9 heteroatoms. The Kier molecular flexibility index (Phi) is 4.45. The van der Waals surface area contributed by atoms with Crippen LogP contribution in [0.3, 0.4) is 0 Å². The number of nitrogens with two attached hydrogens (primary N) is 1. The van der Waals surface area contributed by atoms with E-state index in [1.54, 1.807) is 12.3 Å². The molecule has 3 N–H and O–H groups in total. The van der Waals surface area contributed by atoms with Crippen LogP contribution in [0.15, 0.2) is 29.6 Å². The Morgan fingerprint density at radius 2 is 1.95 bits per heavy atom. The van der Waals surface area contributed by atoms with Crippen LogP contribution in [-0.2, 0) is 0 Å². The quantitative estimate of drug-likeness (QED) is 0.649. The highest BCUT2D eigenvalue weighted by atomic mass is 32.1. The van der Waals surface area contributed by atoms with Crippen LogP contribution in [0.1, 0.15) is 21.1 Å². The van der Waals surface area contributed by atoms with E-state index >= 15 is 0 Å². The lowest BCUT2D eigenvalue weighted by Gasteiger charge is -2.08. The molecule has 0 radical (unpaired) electrons. The highest BCUT2D eigenvalue weighted by molar-refractivity contribution is 7.09. The van der Waals surface area contributed by atoms with Gasteiger partial charge in [-0.25, -0.2) is 14.8 Å². The van der Waals surface area contributed by atoms with Crippen LogP contribution < -0.4 is 15.5 Å². The third-order valence-electron chi connectivity index (χ3n) is 2.49. The minimum atomic E-state index is -4.77.